The minimum absolute atomic E-state index is 0.126. The molecule has 2 aromatic carbocycles. The molecule has 0 atom stereocenters. The van der Waals surface area contributed by atoms with E-state index in [4.69, 9.17) is 21.1 Å². The van der Waals surface area contributed by atoms with E-state index >= 15 is 0 Å². The van der Waals surface area contributed by atoms with Crippen molar-refractivity contribution in [1.29, 1.82) is 0 Å². The molecule has 2 rings (SSSR count). The van der Waals surface area contributed by atoms with Gasteiger partial charge in [0.05, 0.1) is 12.8 Å². The molecular formula is C16H15ClN2O3. The first-order chi connectivity index (χ1) is 10.6. The molecule has 0 amide bonds. The smallest absolute Gasteiger partial charge is 0.191 e. The number of nitrogens with one attached hydrogen (secondary N) is 1. The van der Waals surface area contributed by atoms with Crippen molar-refractivity contribution >= 4 is 28.2 Å². The molecule has 0 bridgehead atoms. The van der Waals surface area contributed by atoms with Crippen LogP contribution in [0.5, 0.6) is 17.2 Å². The van der Waals surface area contributed by atoms with Crippen LogP contribution in [0.2, 0.25) is 0 Å². The Balaban J connectivity index is 2.17. The minimum Gasteiger partial charge on any atom is -0.497 e. The zero-order valence-corrected chi connectivity index (χ0v) is 12.9. The minimum atomic E-state index is -0.317. The number of hydrogen-bond donors (Lipinski definition) is 1. The first-order valence-electron chi connectivity index (χ1n) is 6.51. The van der Waals surface area contributed by atoms with Gasteiger partial charge in [0, 0.05) is 6.92 Å². The van der Waals surface area contributed by atoms with Gasteiger partial charge in [0.15, 0.2) is 16.7 Å². The van der Waals surface area contributed by atoms with E-state index in [1.54, 1.807) is 43.5 Å². The topological polar surface area (TPSA) is 59.9 Å². The molecule has 0 fully saturated rings. The van der Waals surface area contributed by atoms with Gasteiger partial charge >= 0.3 is 0 Å². The van der Waals surface area contributed by atoms with Gasteiger partial charge in [-0.15, -0.1) is 0 Å². The van der Waals surface area contributed by atoms with Crippen LogP contribution >= 0.6 is 11.6 Å². The van der Waals surface area contributed by atoms with E-state index in [1.807, 2.05) is 12.1 Å². The summed E-state index contributed by atoms with van der Waals surface area (Å²) in [5.74, 6) is 1.64. The maximum absolute atomic E-state index is 11.1. The first kappa shape index (κ1) is 15.9. The van der Waals surface area contributed by atoms with Crippen LogP contribution in [0.25, 0.3) is 0 Å². The molecule has 6 heteroatoms. The second-order valence-electron chi connectivity index (χ2n) is 4.34. The van der Waals surface area contributed by atoms with Gasteiger partial charge in [-0.05, 0) is 36.4 Å². The number of benzene rings is 2. The molecule has 0 aliphatic carbocycles. The molecule has 0 unspecified atom stereocenters. The Morgan fingerprint density at radius 1 is 1.09 bits per heavy atom. The van der Waals surface area contributed by atoms with Gasteiger partial charge in [0.25, 0.3) is 0 Å². The summed E-state index contributed by atoms with van der Waals surface area (Å²) in [5.41, 5.74) is 3.32. The predicted molar refractivity (Wildman–Crippen MR) is 87.1 cm³/mol. The number of rotatable bonds is 6. The van der Waals surface area contributed by atoms with Crippen LogP contribution in [-0.2, 0) is 4.79 Å². The number of para-hydroxylation sites is 2. The largest absolute Gasteiger partial charge is 0.497 e. The number of methoxy groups -OCH3 is 1. The van der Waals surface area contributed by atoms with E-state index < -0.39 is 0 Å². The standard InChI is InChI=1S/C16H15ClN2O3/c1-11(20)16(17)19-18-14-5-3-4-6-15(14)22-13-9-7-12(21-2)8-10-13/h3-10,18H,1-2H3. The summed E-state index contributed by atoms with van der Waals surface area (Å²) in [5, 5.41) is 3.68. The molecule has 1 N–H and O–H groups in total. The van der Waals surface area contributed by atoms with Crippen LogP contribution in [-0.4, -0.2) is 18.1 Å². The SMILES string of the molecule is COc1ccc(Oc2ccccc2NN=C(Cl)C(C)=O)cc1. The van der Waals surface area contributed by atoms with Crippen molar-refractivity contribution in [3.63, 3.8) is 0 Å². The normalized spacial score (nSPS) is 11.0. The van der Waals surface area contributed by atoms with Gasteiger partial charge in [-0.25, -0.2) is 0 Å². The van der Waals surface area contributed by atoms with E-state index in [0.29, 0.717) is 17.2 Å². The maximum atomic E-state index is 11.1. The molecule has 5 nitrogen and oxygen atoms in total. The zero-order valence-electron chi connectivity index (χ0n) is 12.2. The fourth-order valence-corrected chi connectivity index (χ4v) is 1.65. The number of halogens is 1. The summed E-state index contributed by atoms with van der Waals surface area (Å²) in [6.07, 6.45) is 0. The number of anilines is 1. The third-order valence-electron chi connectivity index (χ3n) is 2.74. The Bertz CT molecular complexity index is 684. The van der Waals surface area contributed by atoms with Crippen LogP contribution < -0.4 is 14.9 Å². The molecule has 114 valence electrons. The Labute approximate surface area is 133 Å². The molecule has 0 saturated heterocycles. The van der Waals surface area contributed by atoms with Crippen molar-refractivity contribution in [3.05, 3.63) is 48.5 Å². The summed E-state index contributed by atoms with van der Waals surface area (Å²) in [6.45, 7) is 1.34. The van der Waals surface area contributed by atoms with Crippen LogP contribution in [0, 0.1) is 0 Å². The number of carbonyl (C=O) groups is 1. The van der Waals surface area contributed by atoms with Gasteiger partial charge in [0.1, 0.15) is 11.5 Å². The molecule has 0 heterocycles. The molecule has 0 radical (unpaired) electrons. The third-order valence-corrected chi connectivity index (χ3v) is 3.09. The Kier molecular flexibility index (Phi) is 5.38. The lowest BCUT2D eigenvalue weighted by molar-refractivity contribution is -0.110. The lowest BCUT2D eigenvalue weighted by atomic mass is 10.3. The summed E-state index contributed by atoms with van der Waals surface area (Å²) >= 11 is 5.69. The number of Topliss-reactive ketones (excluding diaryl/α,β-unsaturated/α-hetero) is 1. The summed E-state index contributed by atoms with van der Waals surface area (Å²) in [6, 6.07) is 14.4. The second-order valence-corrected chi connectivity index (χ2v) is 4.70. The number of nitrogens with zero attached hydrogens (tertiary/aromatic N) is 1. The fraction of sp³-hybridized carbons (Fsp3) is 0.125. The number of ketones is 1. The first-order valence-corrected chi connectivity index (χ1v) is 6.89. The molecule has 0 aromatic heterocycles. The number of hydrazone groups is 1. The molecule has 2 aromatic rings. The van der Waals surface area contributed by atoms with Crippen LogP contribution in [0.15, 0.2) is 53.6 Å². The van der Waals surface area contributed by atoms with Crippen LogP contribution in [0.3, 0.4) is 0 Å². The van der Waals surface area contributed by atoms with Crippen molar-refractivity contribution < 1.29 is 14.3 Å². The highest BCUT2D eigenvalue weighted by atomic mass is 35.5. The summed E-state index contributed by atoms with van der Waals surface area (Å²) in [7, 11) is 1.60. The van der Waals surface area contributed by atoms with Crippen LogP contribution in [0.1, 0.15) is 6.92 Å². The van der Waals surface area contributed by atoms with Gasteiger partial charge in [-0.1, -0.05) is 23.7 Å². The number of ether oxygens (including phenoxy) is 2. The summed E-state index contributed by atoms with van der Waals surface area (Å²) < 4.78 is 10.9. The highest BCUT2D eigenvalue weighted by Crippen LogP contribution is 2.30. The maximum Gasteiger partial charge on any atom is 0.191 e. The molecule has 0 saturated carbocycles. The fourth-order valence-electron chi connectivity index (χ4n) is 1.61. The van der Waals surface area contributed by atoms with E-state index in [9.17, 15) is 4.79 Å². The number of carbonyl (C=O) groups excluding carboxylic acids is 1. The number of hydrogen-bond acceptors (Lipinski definition) is 5. The van der Waals surface area contributed by atoms with Crippen molar-refractivity contribution in [1.82, 2.24) is 0 Å². The molecular weight excluding hydrogens is 304 g/mol. The lowest BCUT2D eigenvalue weighted by Crippen LogP contribution is -2.04. The molecule has 0 aliphatic heterocycles. The van der Waals surface area contributed by atoms with Gasteiger partial charge in [0.2, 0.25) is 0 Å². The molecule has 0 spiro atoms. The lowest BCUT2D eigenvalue weighted by Gasteiger charge is -2.11. The third kappa shape index (κ3) is 4.23. The van der Waals surface area contributed by atoms with E-state index in [0.717, 1.165) is 5.75 Å². The van der Waals surface area contributed by atoms with Crippen LogP contribution in [0.4, 0.5) is 5.69 Å². The average Bonchev–Trinajstić information content (AvgIpc) is 2.54. The molecule has 22 heavy (non-hydrogen) atoms. The van der Waals surface area contributed by atoms with Gasteiger partial charge in [-0.3, -0.25) is 10.2 Å². The average molecular weight is 319 g/mol. The highest BCUT2D eigenvalue weighted by Gasteiger charge is 2.06. The van der Waals surface area contributed by atoms with Crippen molar-refractivity contribution in [3.8, 4) is 17.2 Å². The van der Waals surface area contributed by atoms with E-state index in [1.165, 1.54) is 6.92 Å². The van der Waals surface area contributed by atoms with Gasteiger partial charge in [-0.2, -0.15) is 5.10 Å². The summed E-state index contributed by atoms with van der Waals surface area (Å²) in [4.78, 5) is 11.1. The van der Waals surface area contributed by atoms with Crippen molar-refractivity contribution in [2.75, 3.05) is 12.5 Å². The Hall–Kier alpha value is -2.53. The second kappa shape index (κ2) is 7.47. The van der Waals surface area contributed by atoms with Gasteiger partial charge < -0.3 is 9.47 Å². The van der Waals surface area contributed by atoms with Crippen molar-refractivity contribution in [2.45, 2.75) is 6.92 Å². The van der Waals surface area contributed by atoms with Crippen molar-refractivity contribution in [2.24, 2.45) is 5.10 Å². The molecule has 0 aliphatic rings. The predicted octanol–water partition coefficient (Wildman–Crippen LogP) is 4.04. The highest BCUT2D eigenvalue weighted by molar-refractivity contribution is 6.82. The zero-order chi connectivity index (χ0) is 15.9. The Morgan fingerprint density at radius 2 is 1.73 bits per heavy atom. The monoisotopic (exact) mass is 318 g/mol. The van der Waals surface area contributed by atoms with E-state index in [2.05, 4.69) is 10.5 Å². The quantitative estimate of drug-likeness (QED) is 0.645. The van der Waals surface area contributed by atoms with E-state index in [-0.39, 0.29) is 11.0 Å². The Morgan fingerprint density at radius 3 is 2.36 bits per heavy atom.